The first-order valence-corrected chi connectivity index (χ1v) is 10.3. The Morgan fingerprint density at radius 3 is 2.74 bits per heavy atom. The normalized spacial score (nSPS) is 19.7. The second kappa shape index (κ2) is 8.52. The maximum Gasteiger partial charge on any atom is 0.404 e. The molecule has 0 bridgehead atoms. The number of anilines is 3. The van der Waals surface area contributed by atoms with Crippen LogP contribution in [-0.4, -0.2) is 34.2 Å². The van der Waals surface area contributed by atoms with Gasteiger partial charge in [-0.1, -0.05) is 25.0 Å². The van der Waals surface area contributed by atoms with Crippen molar-refractivity contribution in [3.63, 3.8) is 0 Å². The number of fused-ring (bicyclic) bond motifs is 1. The van der Waals surface area contributed by atoms with E-state index in [1.54, 1.807) is 0 Å². The van der Waals surface area contributed by atoms with E-state index in [4.69, 9.17) is 0 Å². The van der Waals surface area contributed by atoms with Crippen LogP contribution in [0.3, 0.4) is 0 Å². The van der Waals surface area contributed by atoms with Crippen LogP contribution in [0.5, 0.6) is 0 Å². The minimum absolute atomic E-state index is 0.195. The molecule has 31 heavy (non-hydrogen) atoms. The number of nitrogens with zero attached hydrogens (tertiary/aromatic N) is 2. The first kappa shape index (κ1) is 20.5. The predicted octanol–water partition coefficient (Wildman–Crippen LogP) is 3.24. The van der Waals surface area contributed by atoms with Gasteiger partial charge in [0.15, 0.2) is 0 Å². The maximum atomic E-state index is 12.5. The zero-order valence-electron chi connectivity index (χ0n) is 17.2. The van der Waals surface area contributed by atoms with Crippen LogP contribution in [0.1, 0.15) is 52.7 Å². The van der Waals surface area contributed by atoms with Gasteiger partial charge in [-0.3, -0.25) is 4.79 Å². The number of carbonyl (C=O) groups excluding carboxylic acids is 1. The SMILES string of the molecule is Cc1cccc(Nc2nc(NC3CCCCC3NC(=O)O)c(C#N)c3c2C(=O)NC3)c1. The van der Waals surface area contributed by atoms with E-state index in [0.717, 1.165) is 30.5 Å². The van der Waals surface area contributed by atoms with Gasteiger partial charge >= 0.3 is 6.09 Å². The molecule has 1 fully saturated rings. The topological polar surface area (TPSA) is 139 Å². The van der Waals surface area contributed by atoms with Gasteiger partial charge in [0.05, 0.1) is 11.6 Å². The molecule has 0 spiro atoms. The summed E-state index contributed by atoms with van der Waals surface area (Å²) >= 11 is 0. The Hall–Kier alpha value is -3.80. The second-order valence-electron chi connectivity index (χ2n) is 7.92. The molecule has 0 radical (unpaired) electrons. The molecular formula is C22H24N6O3. The number of carboxylic acid groups (broad SMARTS) is 1. The summed E-state index contributed by atoms with van der Waals surface area (Å²) in [7, 11) is 0. The van der Waals surface area contributed by atoms with Crippen LogP contribution >= 0.6 is 0 Å². The van der Waals surface area contributed by atoms with Crippen molar-refractivity contribution in [3.05, 3.63) is 46.5 Å². The lowest BCUT2D eigenvalue weighted by atomic mass is 9.90. The monoisotopic (exact) mass is 420 g/mol. The number of benzene rings is 1. The number of hydrogen-bond acceptors (Lipinski definition) is 6. The Balaban J connectivity index is 1.73. The summed E-state index contributed by atoms with van der Waals surface area (Å²) in [6.45, 7) is 2.22. The molecule has 2 unspecified atom stereocenters. The molecule has 2 aliphatic rings. The van der Waals surface area contributed by atoms with Gasteiger partial charge in [0, 0.05) is 23.8 Å². The highest BCUT2D eigenvalue weighted by Crippen LogP contribution is 2.33. The van der Waals surface area contributed by atoms with Gasteiger partial charge < -0.3 is 26.4 Å². The number of aryl methyl sites for hydroxylation is 1. The average Bonchev–Trinajstić information content (AvgIpc) is 3.11. The molecule has 2 amide bonds. The first-order valence-electron chi connectivity index (χ1n) is 10.3. The molecule has 2 aromatic rings. The second-order valence-corrected chi connectivity index (χ2v) is 7.92. The number of nitriles is 1. The molecule has 2 heterocycles. The van der Waals surface area contributed by atoms with Gasteiger partial charge in [0.25, 0.3) is 5.91 Å². The van der Waals surface area contributed by atoms with E-state index in [2.05, 4.69) is 32.3 Å². The van der Waals surface area contributed by atoms with Crippen molar-refractivity contribution in [1.29, 1.82) is 5.26 Å². The summed E-state index contributed by atoms with van der Waals surface area (Å²) in [5.74, 6) is 0.455. The van der Waals surface area contributed by atoms with E-state index in [9.17, 15) is 20.0 Å². The van der Waals surface area contributed by atoms with Crippen molar-refractivity contribution in [2.75, 3.05) is 10.6 Å². The Morgan fingerprint density at radius 2 is 2.03 bits per heavy atom. The largest absolute Gasteiger partial charge is 0.465 e. The predicted molar refractivity (Wildman–Crippen MR) is 115 cm³/mol. The molecule has 2 atom stereocenters. The molecule has 160 valence electrons. The first-order chi connectivity index (χ1) is 15.0. The van der Waals surface area contributed by atoms with Gasteiger partial charge in [0.2, 0.25) is 0 Å². The van der Waals surface area contributed by atoms with E-state index in [-0.39, 0.29) is 24.5 Å². The fraction of sp³-hybridized carbons (Fsp3) is 0.364. The van der Waals surface area contributed by atoms with Gasteiger partial charge in [-0.25, -0.2) is 9.78 Å². The molecule has 0 saturated heterocycles. The summed E-state index contributed by atoms with van der Waals surface area (Å²) in [6, 6.07) is 9.41. The molecule has 5 N–H and O–H groups in total. The van der Waals surface area contributed by atoms with Crippen molar-refractivity contribution in [2.24, 2.45) is 0 Å². The maximum absolute atomic E-state index is 12.5. The number of pyridine rings is 1. The van der Waals surface area contributed by atoms with Crippen LogP contribution in [-0.2, 0) is 6.54 Å². The smallest absolute Gasteiger partial charge is 0.404 e. The molecule has 9 nitrogen and oxygen atoms in total. The molecule has 1 aliphatic heterocycles. The summed E-state index contributed by atoms with van der Waals surface area (Å²) in [5, 5.41) is 30.9. The zero-order valence-corrected chi connectivity index (χ0v) is 17.2. The molecule has 1 aliphatic carbocycles. The van der Waals surface area contributed by atoms with Crippen LogP contribution in [0, 0.1) is 18.3 Å². The van der Waals surface area contributed by atoms with E-state index in [1.165, 1.54) is 0 Å². The molecule has 1 saturated carbocycles. The van der Waals surface area contributed by atoms with Crippen LogP contribution < -0.4 is 21.3 Å². The minimum Gasteiger partial charge on any atom is -0.465 e. The van der Waals surface area contributed by atoms with Gasteiger partial charge in [-0.2, -0.15) is 5.26 Å². The number of carbonyl (C=O) groups is 2. The van der Waals surface area contributed by atoms with E-state index in [1.807, 2.05) is 31.2 Å². The Labute approximate surface area is 179 Å². The Morgan fingerprint density at radius 1 is 1.26 bits per heavy atom. The van der Waals surface area contributed by atoms with Gasteiger partial charge in [-0.15, -0.1) is 0 Å². The lowest BCUT2D eigenvalue weighted by molar-refractivity contribution is 0.0966. The summed E-state index contributed by atoms with van der Waals surface area (Å²) in [4.78, 5) is 28.3. The van der Waals surface area contributed by atoms with Gasteiger partial charge in [-0.05, 0) is 37.5 Å². The molecular weight excluding hydrogens is 396 g/mol. The summed E-state index contributed by atoms with van der Waals surface area (Å²) < 4.78 is 0. The van der Waals surface area contributed by atoms with Gasteiger partial charge in [0.1, 0.15) is 23.3 Å². The number of amides is 2. The van der Waals surface area contributed by atoms with E-state index in [0.29, 0.717) is 34.7 Å². The van der Waals surface area contributed by atoms with Crippen LogP contribution in [0.4, 0.5) is 22.1 Å². The minimum atomic E-state index is -1.07. The zero-order chi connectivity index (χ0) is 22.0. The van der Waals surface area contributed by atoms with Crippen molar-refractivity contribution >= 4 is 29.3 Å². The Kier molecular flexibility index (Phi) is 5.62. The summed E-state index contributed by atoms with van der Waals surface area (Å²) in [6.07, 6.45) is 2.29. The standard InChI is InChI=1S/C22H24N6O3/c1-12-5-4-6-13(9-12)25-20-18-15(11-24-21(18)29)14(10-23)19(28-20)26-16-7-2-3-8-17(16)27-22(30)31/h4-6,9,16-17,27H,2-3,7-8,11H2,1H3,(H,24,29)(H,30,31)(H2,25,26,28). The number of rotatable bonds is 5. The van der Waals surface area contributed by atoms with Crippen LogP contribution in [0.25, 0.3) is 0 Å². The summed E-state index contributed by atoms with van der Waals surface area (Å²) in [5.41, 5.74) is 3.12. The van der Waals surface area contributed by atoms with Crippen molar-refractivity contribution < 1.29 is 14.7 Å². The van der Waals surface area contributed by atoms with E-state index >= 15 is 0 Å². The number of aromatic nitrogens is 1. The number of nitrogens with one attached hydrogen (secondary N) is 4. The molecule has 1 aromatic heterocycles. The lowest BCUT2D eigenvalue weighted by Crippen LogP contribution is -2.48. The third-order valence-electron chi connectivity index (χ3n) is 5.74. The third kappa shape index (κ3) is 4.23. The average molecular weight is 420 g/mol. The number of hydrogen-bond donors (Lipinski definition) is 5. The molecule has 9 heteroatoms. The van der Waals surface area contributed by atoms with E-state index < -0.39 is 6.09 Å². The van der Waals surface area contributed by atoms with Crippen LogP contribution in [0.15, 0.2) is 24.3 Å². The highest BCUT2D eigenvalue weighted by Gasteiger charge is 2.32. The fourth-order valence-corrected chi connectivity index (χ4v) is 4.30. The Bertz CT molecular complexity index is 1080. The lowest BCUT2D eigenvalue weighted by Gasteiger charge is -2.32. The van der Waals surface area contributed by atoms with Crippen molar-refractivity contribution in [1.82, 2.24) is 15.6 Å². The highest BCUT2D eigenvalue weighted by atomic mass is 16.4. The highest BCUT2D eigenvalue weighted by molar-refractivity contribution is 6.04. The van der Waals surface area contributed by atoms with Crippen molar-refractivity contribution in [3.8, 4) is 6.07 Å². The molecule has 4 rings (SSSR count). The molecule has 1 aromatic carbocycles. The third-order valence-corrected chi connectivity index (χ3v) is 5.74. The van der Waals surface area contributed by atoms with Crippen LogP contribution in [0.2, 0.25) is 0 Å². The quantitative estimate of drug-likeness (QED) is 0.500. The van der Waals surface area contributed by atoms with Crippen molar-refractivity contribution in [2.45, 2.75) is 51.2 Å². The fourth-order valence-electron chi connectivity index (χ4n) is 4.30.